The maximum absolute atomic E-state index is 6.16. The number of hydrogen-bond donors (Lipinski definition) is 0. The first kappa shape index (κ1) is 12.4. The minimum Gasteiger partial charge on any atom is -0.355 e. The van der Waals surface area contributed by atoms with E-state index in [0.29, 0.717) is 10.9 Å². The number of thiophene rings is 1. The summed E-state index contributed by atoms with van der Waals surface area (Å²) >= 11 is 7.85. The van der Waals surface area contributed by atoms with Crippen molar-refractivity contribution in [1.82, 2.24) is 19.6 Å². The number of rotatable bonds is 3. The summed E-state index contributed by atoms with van der Waals surface area (Å²) in [7, 11) is 2.01. The molecule has 0 radical (unpaired) electrons. The second-order valence-electron chi connectivity index (χ2n) is 4.31. The van der Waals surface area contributed by atoms with Gasteiger partial charge in [-0.25, -0.2) is 0 Å². The lowest BCUT2D eigenvalue weighted by atomic mass is 10.3. The first-order valence-corrected chi connectivity index (χ1v) is 7.07. The van der Waals surface area contributed by atoms with Gasteiger partial charge in [-0.3, -0.25) is 0 Å². The lowest BCUT2D eigenvalue weighted by molar-refractivity contribution is 0.825. The summed E-state index contributed by atoms with van der Waals surface area (Å²) in [6.45, 7) is 2.73. The Kier molecular flexibility index (Phi) is 3.12. The number of halogens is 1. The highest BCUT2D eigenvalue weighted by molar-refractivity contribution is 7.07. The van der Waals surface area contributed by atoms with Crippen LogP contribution in [0.2, 0.25) is 5.15 Å². The number of aromatic nitrogens is 4. The molecule has 3 heterocycles. The number of anilines is 1. The van der Waals surface area contributed by atoms with E-state index < -0.39 is 0 Å². The fourth-order valence-electron chi connectivity index (χ4n) is 2.06. The molecule has 0 saturated carbocycles. The molecule has 0 aliphatic rings. The van der Waals surface area contributed by atoms with Crippen LogP contribution in [-0.2, 0) is 6.54 Å². The molecule has 0 aromatic carbocycles. The molecule has 5 nitrogen and oxygen atoms in total. The summed E-state index contributed by atoms with van der Waals surface area (Å²) in [6.07, 6.45) is 1.49. The summed E-state index contributed by atoms with van der Waals surface area (Å²) in [5.41, 5.74) is 2.16. The van der Waals surface area contributed by atoms with Gasteiger partial charge in [-0.15, -0.1) is 0 Å². The number of hydrogen-bond acceptors (Lipinski definition) is 5. The first-order chi connectivity index (χ1) is 9.16. The van der Waals surface area contributed by atoms with E-state index in [2.05, 4.69) is 36.8 Å². The van der Waals surface area contributed by atoms with Crippen molar-refractivity contribution in [3.8, 4) is 0 Å². The van der Waals surface area contributed by atoms with Crippen LogP contribution in [0.15, 0.2) is 23.2 Å². The van der Waals surface area contributed by atoms with Gasteiger partial charge in [-0.05, 0) is 29.3 Å². The summed E-state index contributed by atoms with van der Waals surface area (Å²) in [4.78, 5) is 10.4. The molecule has 3 aromatic rings. The number of nitrogens with zero attached hydrogens (tertiary/aromatic N) is 5. The van der Waals surface area contributed by atoms with E-state index in [1.165, 1.54) is 11.9 Å². The zero-order valence-electron chi connectivity index (χ0n) is 10.5. The summed E-state index contributed by atoms with van der Waals surface area (Å²) < 4.78 is 1.72. The van der Waals surface area contributed by atoms with E-state index in [1.807, 2.05) is 14.0 Å². The third-order valence-corrected chi connectivity index (χ3v) is 4.03. The molecule has 0 unspecified atom stereocenters. The molecule has 0 saturated heterocycles. The van der Waals surface area contributed by atoms with Crippen molar-refractivity contribution >= 4 is 34.5 Å². The van der Waals surface area contributed by atoms with Gasteiger partial charge in [0.1, 0.15) is 17.3 Å². The van der Waals surface area contributed by atoms with Crippen LogP contribution in [0.4, 0.5) is 5.82 Å². The van der Waals surface area contributed by atoms with Crippen molar-refractivity contribution in [2.45, 2.75) is 13.5 Å². The highest BCUT2D eigenvalue weighted by atomic mass is 35.5. The van der Waals surface area contributed by atoms with Crippen molar-refractivity contribution in [2.24, 2.45) is 0 Å². The molecule has 7 heteroatoms. The molecular weight excluding hydrogens is 282 g/mol. The van der Waals surface area contributed by atoms with Gasteiger partial charge >= 0.3 is 0 Å². The molecule has 3 rings (SSSR count). The Bertz CT molecular complexity index is 706. The van der Waals surface area contributed by atoms with Gasteiger partial charge in [0.05, 0.1) is 0 Å². The van der Waals surface area contributed by atoms with E-state index in [4.69, 9.17) is 11.6 Å². The van der Waals surface area contributed by atoms with Crippen LogP contribution in [-0.4, -0.2) is 26.6 Å². The smallest absolute Gasteiger partial charge is 0.255 e. The van der Waals surface area contributed by atoms with Gasteiger partial charge in [-0.2, -0.15) is 30.9 Å². The van der Waals surface area contributed by atoms with Crippen molar-refractivity contribution < 1.29 is 0 Å². The van der Waals surface area contributed by atoms with Crippen LogP contribution in [0.25, 0.3) is 5.78 Å². The first-order valence-electron chi connectivity index (χ1n) is 5.75. The Labute approximate surface area is 119 Å². The summed E-state index contributed by atoms with van der Waals surface area (Å²) in [5, 5.41) is 8.88. The molecule has 0 fully saturated rings. The largest absolute Gasteiger partial charge is 0.355 e. The third kappa shape index (κ3) is 2.17. The van der Waals surface area contributed by atoms with Crippen molar-refractivity contribution in [3.05, 3.63) is 39.4 Å². The maximum Gasteiger partial charge on any atom is 0.255 e. The highest BCUT2D eigenvalue weighted by Crippen LogP contribution is 2.26. The Morgan fingerprint density at radius 3 is 3.05 bits per heavy atom. The minimum atomic E-state index is 0.465. The quantitative estimate of drug-likeness (QED) is 0.697. The molecule has 3 aromatic heterocycles. The van der Waals surface area contributed by atoms with Crippen LogP contribution < -0.4 is 4.90 Å². The normalized spacial score (nSPS) is 11.1. The van der Waals surface area contributed by atoms with Gasteiger partial charge in [0.2, 0.25) is 0 Å². The summed E-state index contributed by atoms with van der Waals surface area (Å²) in [6, 6.07) is 2.11. The third-order valence-electron chi connectivity index (χ3n) is 2.93. The monoisotopic (exact) mass is 293 g/mol. The Balaban J connectivity index is 2.07. The van der Waals surface area contributed by atoms with Crippen molar-refractivity contribution in [1.29, 1.82) is 0 Å². The van der Waals surface area contributed by atoms with Crippen LogP contribution >= 0.6 is 22.9 Å². The average molecular weight is 294 g/mol. The van der Waals surface area contributed by atoms with Crippen LogP contribution in [0.1, 0.15) is 11.1 Å². The van der Waals surface area contributed by atoms with Gasteiger partial charge < -0.3 is 4.90 Å². The highest BCUT2D eigenvalue weighted by Gasteiger charge is 2.16. The van der Waals surface area contributed by atoms with Crippen molar-refractivity contribution in [2.75, 3.05) is 11.9 Å². The van der Waals surface area contributed by atoms with E-state index >= 15 is 0 Å². The van der Waals surface area contributed by atoms with E-state index in [-0.39, 0.29) is 0 Å². The molecule has 0 aliphatic carbocycles. The minimum absolute atomic E-state index is 0.465. The Morgan fingerprint density at radius 1 is 1.47 bits per heavy atom. The van der Waals surface area contributed by atoms with Gasteiger partial charge in [0, 0.05) is 19.2 Å². The fourth-order valence-corrected chi connectivity index (χ4v) is 2.88. The predicted molar refractivity (Wildman–Crippen MR) is 77.0 cm³/mol. The zero-order chi connectivity index (χ0) is 13.4. The topological polar surface area (TPSA) is 46.3 Å². The lowest BCUT2D eigenvalue weighted by Gasteiger charge is -2.21. The molecular formula is C12H12ClN5S. The van der Waals surface area contributed by atoms with Gasteiger partial charge in [-0.1, -0.05) is 11.6 Å². The molecule has 0 amide bonds. The Morgan fingerprint density at radius 2 is 2.32 bits per heavy atom. The predicted octanol–water partition coefficient (Wildman–Crippen LogP) is 2.78. The number of fused-ring (bicyclic) bond motifs is 1. The zero-order valence-corrected chi connectivity index (χ0v) is 12.1. The lowest BCUT2D eigenvalue weighted by Crippen LogP contribution is -2.21. The van der Waals surface area contributed by atoms with Crippen molar-refractivity contribution in [3.63, 3.8) is 0 Å². The maximum atomic E-state index is 6.16. The molecule has 98 valence electrons. The van der Waals surface area contributed by atoms with Gasteiger partial charge in [0.15, 0.2) is 0 Å². The second kappa shape index (κ2) is 4.79. The fraction of sp³-hybridized carbons (Fsp3) is 0.250. The molecule has 0 spiro atoms. The molecule has 0 N–H and O–H groups in total. The SMILES string of the molecule is Cc1c(Cl)nc2ncnn2c1N(C)Cc1ccsc1. The van der Waals surface area contributed by atoms with E-state index in [0.717, 1.165) is 17.9 Å². The van der Waals surface area contributed by atoms with E-state index in [9.17, 15) is 0 Å². The van der Waals surface area contributed by atoms with Crippen LogP contribution in [0, 0.1) is 6.92 Å². The second-order valence-corrected chi connectivity index (χ2v) is 5.45. The Hall–Kier alpha value is -1.66. The van der Waals surface area contributed by atoms with Gasteiger partial charge in [0.25, 0.3) is 5.78 Å². The van der Waals surface area contributed by atoms with Crippen LogP contribution in [0.5, 0.6) is 0 Å². The van der Waals surface area contributed by atoms with Crippen LogP contribution in [0.3, 0.4) is 0 Å². The molecule has 0 atom stereocenters. The standard InChI is InChI=1S/C12H12ClN5S/c1-8-10(13)16-12-14-7-15-18(12)11(8)17(2)5-9-3-4-19-6-9/h3-4,6-7H,5H2,1-2H3. The molecule has 0 aliphatic heterocycles. The molecule has 19 heavy (non-hydrogen) atoms. The van der Waals surface area contributed by atoms with E-state index in [1.54, 1.807) is 15.9 Å². The molecule has 0 bridgehead atoms. The summed E-state index contributed by atoms with van der Waals surface area (Å²) in [5.74, 6) is 1.43. The average Bonchev–Trinajstić information content (AvgIpc) is 3.01.